The molecular formula is C12H12Cl2O2. The molecule has 0 amide bonds. The summed E-state index contributed by atoms with van der Waals surface area (Å²) in [6.07, 6.45) is 1.10. The van der Waals surface area contributed by atoms with Crippen molar-refractivity contribution in [2.45, 2.75) is 13.3 Å². The fourth-order valence-corrected chi connectivity index (χ4v) is 1.97. The minimum Gasteiger partial charge on any atom is -0.465 e. The maximum Gasteiger partial charge on any atom is 0.309 e. The number of hydrogen-bond donors (Lipinski definition) is 0. The van der Waals surface area contributed by atoms with E-state index in [0.29, 0.717) is 28.5 Å². The van der Waals surface area contributed by atoms with Crippen LogP contribution in [0.2, 0.25) is 10.0 Å². The van der Waals surface area contributed by atoms with Crippen LogP contribution in [0.15, 0.2) is 18.2 Å². The molecule has 2 unspecified atom stereocenters. The van der Waals surface area contributed by atoms with Gasteiger partial charge in [0.1, 0.15) is 0 Å². The molecule has 16 heavy (non-hydrogen) atoms. The summed E-state index contributed by atoms with van der Waals surface area (Å²) < 4.78 is 4.68. The number of carbonyl (C=O) groups is 1. The fourth-order valence-electron chi connectivity index (χ4n) is 1.62. The van der Waals surface area contributed by atoms with Crippen molar-refractivity contribution in [3.8, 4) is 0 Å². The molecule has 1 aliphatic carbocycles. The van der Waals surface area contributed by atoms with Crippen LogP contribution in [0.1, 0.15) is 12.0 Å². The molecule has 2 atom stereocenters. The van der Waals surface area contributed by atoms with Gasteiger partial charge in [-0.05, 0) is 31.0 Å². The highest BCUT2D eigenvalue weighted by molar-refractivity contribution is 6.41. The molecular weight excluding hydrogens is 247 g/mol. The SMILES string of the molecule is Cc1ccc(Cl)c(Cl)c1.O=C1OCC2CC12. The number of esters is 1. The quantitative estimate of drug-likeness (QED) is 0.667. The van der Waals surface area contributed by atoms with Crippen LogP contribution in [0, 0.1) is 18.8 Å². The molecule has 1 aromatic carbocycles. The highest BCUT2D eigenvalue weighted by Gasteiger charge is 2.50. The number of aryl methyl sites for hydroxylation is 1. The second kappa shape index (κ2) is 4.64. The number of ether oxygens (including phenoxy) is 1. The van der Waals surface area contributed by atoms with Gasteiger partial charge in [-0.15, -0.1) is 0 Å². The molecule has 3 rings (SSSR count). The van der Waals surface area contributed by atoms with Crippen molar-refractivity contribution in [1.29, 1.82) is 0 Å². The minimum absolute atomic E-state index is 0.0324. The third kappa shape index (κ3) is 2.69. The smallest absolute Gasteiger partial charge is 0.309 e. The molecule has 2 fully saturated rings. The van der Waals surface area contributed by atoms with Crippen LogP contribution >= 0.6 is 23.2 Å². The van der Waals surface area contributed by atoms with Gasteiger partial charge in [-0.2, -0.15) is 0 Å². The van der Waals surface area contributed by atoms with E-state index in [-0.39, 0.29) is 5.97 Å². The predicted octanol–water partition coefficient (Wildman–Crippen LogP) is 3.48. The van der Waals surface area contributed by atoms with Gasteiger partial charge in [0.2, 0.25) is 0 Å². The molecule has 1 aliphatic heterocycles. The van der Waals surface area contributed by atoms with Crippen molar-refractivity contribution in [2.75, 3.05) is 6.61 Å². The normalized spacial score (nSPS) is 25.3. The van der Waals surface area contributed by atoms with Crippen LogP contribution in [-0.2, 0) is 9.53 Å². The van der Waals surface area contributed by atoms with E-state index < -0.39 is 0 Å². The lowest BCUT2D eigenvalue weighted by atomic mass is 10.2. The standard InChI is InChI=1S/C7H6Cl2.C5H6O2/c1-5-2-3-6(8)7(9)4-5;6-5-4-1-3(4)2-7-5/h2-4H,1H3;3-4H,1-2H2. The van der Waals surface area contributed by atoms with Gasteiger partial charge >= 0.3 is 5.97 Å². The monoisotopic (exact) mass is 258 g/mol. The highest BCUT2D eigenvalue weighted by Crippen LogP contribution is 2.44. The number of fused-ring (bicyclic) bond motifs is 1. The van der Waals surface area contributed by atoms with Gasteiger partial charge in [0.15, 0.2) is 0 Å². The van der Waals surface area contributed by atoms with Crippen molar-refractivity contribution in [3.05, 3.63) is 33.8 Å². The predicted molar refractivity (Wildman–Crippen MR) is 63.8 cm³/mol. The Hall–Kier alpha value is -0.730. The van der Waals surface area contributed by atoms with Crippen LogP contribution < -0.4 is 0 Å². The van der Waals surface area contributed by atoms with E-state index in [1.165, 1.54) is 0 Å². The van der Waals surface area contributed by atoms with Crippen LogP contribution in [0.5, 0.6) is 0 Å². The van der Waals surface area contributed by atoms with Gasteiger partial charge < -0.3 is 4.74 Å². The maximum absolute atomic E-state index is 10.4. The molecule has 0 aromatic heterocycles. The van der Waals surface area contributed by atoms with Crippen molar-refractivity contribution in [2.24, 2.45) is 11.8 Å². The number of rotatable bonds is 0. The number of benzene rings is 1. The lowest BCUT2D eigenvalue weighted by Crippen LogP contribution is -1.97. The Morgan fingerprint density at radius 2 is 2.06 bits per heavy atom. The van der Waals surface area contributed by atoms with Gasteiger partial charge in [-0.1, -0.05) is 29.3 Å². The minimum atomic E-state index is 0.0324. The van der Waals surface area contributed by atoms with Crippen LogP contribution in [0.25, 0.3) is 0 Å². The number of cyclic esters (lactones) is 1. The van der Waals surface area contributed by atoms with Crippen molar-refractivity contribution >= 4 is 29.2 Å². The highest BCUT2D eigenvalue weighted by atomic mass is 35.5. The molecule has 0 bridgehead atoms. The van der Waals surface area contributed by atoms with Gasteiger partial charge in [-0.3, -0.25) is 4.79 Å². The number of carbonyl (C=O) groups excluding carboxylic acids is 1. The zero-order valence-corrected chi connectivity index (χ0v) is 10.4. The molecule has 1 saturated heterocycles. The first kappa shape index (κ1) is 11.7. The summed E-state index contributed by atoms with van der Waals surface area (Å²) in [4.78, 5) is 10.4. The van der Waals surface area contributed by atoms with E-state index in [1.807, 2.05) is 19.1 Å². The first-order valence-corrected chi connectivity index (χ1v) is 5.92. The lowest BCUT2D eigenvalue weighted by molar-refractivity contribution is -0.140. The topological polar surface area (TPSA) is 26.3 Å². The summed E-state index contributed by atoms with van der Waals surface area (Å²) in [5.74, 6) is 0.970. The zero-order chi connectivity index (χ0) is 11.7. The Bertz CT molecular complexity index is 417. The maximum atomic E-state index is 10.4. The third-order valence-electron chi connectivity index (χ3n) is 2.74. The van der Waals surface area contributed by atoms with E-state index in [4.69, 9.17) is 23.2 Å². The van der Waals surface area contributed by atoms with E-state index in [1.54, 1.807) is 6.07 Å². The summed E-state index contributed by atoms with van der Waals surface area (Å²) in [5.41, 5.74) is 1.13. The first-order chi connectivity index (χ1) is 7.58. The second-order valence-electron chi connectivity index (χ2n) is 4.15. The average molecular weight is 259 g/mol. The molecule has 0 radical (unpaired) electrons. The van der Waals surface area contributed by atoms with E-state index >= 15 is 0 Å². The molecule has 2 aliphatic rings. The molecule has 0 N–H and O–H groups in total. The summed E-state index contributed by atoms with van der Waals surface area (Å²) in [7, 11) is 0. The first-order valence-electron chi connectivity index (χ1n) is 5.16. The van der Waals surface area contributed by atoms with Crippen LogP contribution in [-0.4, -0.2) is 12.6 Å². The summed E-state index contributed by atoms with van der Waals surface area (Å²) in [6, 6.07) is 5.55. The van der Waals surface area contributed by atoms with Gasteiger partial charge in [0.05, 0.1) is 22.6 Å². The van der Waals surface area contributed by atoms with E-state index in [2.05, 4.69) is 4.74 Å². The molecule has 1 heterocycles. The largest absolute Gasteiger partial charge is 0.465 e. The molecule has 1 saturated carbocycles. The average Bonchev–Trinajstić information content (AvgIpc) is 2.94. The number of hydrogen-bond acceptors (Lipinski definition) is 2. The Balaban J connectivity index is 0.000000123. The molecule has 2 nitrogen and oxygen atoms in total. The van der Waals surface area contributed by atoms with E-state index in [9.17, 15) is 4.79 Å². The molecule has 86 valence electrons. The van der Waals surface area contributed by atoms with Gasteiger partial charge in [-0.25, -0.2) is 0 Å². The van der Waals surface area contributed by atoms with Crippen molar-refractivity contribution < 1.29 is 9.53 Å². The van der Waals surface area contributed by atoms with Gasteiger partial charge in [0.25, 0.3) is 0 Å². The zero-order valence-electron chi connectivity index (χ0n) is 8.87. The lowest BCUT2D eigenvalue weighted by Gasteiger charge is -1.94. The van der Waals surface area contributed by atoms with Crippen molar-refractivity contribution in [1.82, 2.24) is 0 Å². The Morgan fingerprint density at radius 3 is 2.38 bits per heavy atom. The Kier molecular flexibility index (Phi) is 3.41. The molecule has 1 aromatic rings. The third-order valence-corrected chi connectivity index (χ3v) is 3.48. The molecule has 0 spiro atoms. The van der Waals surface area contributed by atoms with E-state index in [0.717, 1.165) is 12.0 Å². The van der Waals surface area contributed by atoms with Crippen LogP contribution in [0.4, 0.5) is 0 Å². The summed E-state index contributed by atoms with van der Waals surface area (Å²) >= 11 is 11.3. The second-order valence-corrected chi connectivity index (χ2v) is 4.96. The van der Waals surface area contributed by atoms with Gasteiger partial charge in [0, 0.05) is 5.92 Å². The Labute approximate surface area is 104 Å². The fraction of sp³-hybridized carbons (Fsp3) is 0.417. The summed E-state index contributed by atoms with van der Waals surface area (Å²) in [5, 5.41) is 1.24. The molecule has 4 heteroatoms. The van der Waals surface area contributed by atoms with Crippen molar-refractivity contribution in [3.63, 3.8) is 0 Å². The van der Waals surface area contributed by atoms with Crippen LogP contribution in [0.3, 0.4) is 0 Å². The number of halogens is 2. The Morgan fingerprint density at radius 1 is 1.31 bits per heavy atom. The summed E-state index contributed by atoms with van der Waals surface area (Å²) in [6.45, 7) is 2.67.